The standard InChI is InChI=1S/C23H30N2O3/c1-3-21(26)25(18-19-12-7-5-8-13-19)22(20-14-9-6-10-15-20)23(27)24-16-11-17-28-4-2/h5-10,12-15,22H,3-4,11,16-18H2,1-2H3,(H,24,27)/t22-/m1/s1. The minimum absolute atomic E-state index is 0.0535. The van der Waals surface area contributed by atoms with E-state index in [1.807, 2.05) is 74.5 Å². The average molecular weight is 383 g/mol. The summed E-state index contributed by atoms with van der Waals surface area (Å²) < 4.78 is 5.33. The minimum atomic E-state index is -0.666. The molecule has 0 fully saturated rings. The Balaban J connectivity index is 2.23. The Bertz CT molecular complexity index is 719. The van der Waals surface area contributed by atoms with Crippen LogP contribution in [0.5, 0.6) is 0 Å². The van der Waals surface area contributed by atoms with Crippen LogP contribution in [0.1, 0.15) is 43.9 Å². The molecule has 0 spiro atoms. The summed E-state index contributed by atoms with van der Waals surface area (Å²) in [5, 5.41) is 2.97. The molecule has 2 amide bonds. The van der Waals surface area contributed by atoms with E-state index in [-0.39, 0.29) is 11.8 Å². The summed E-state index contributed by atoms with van der Waals surface area (Å²) in [7, 11) is 0. The smallest absolute Gasteiger partial charge is 0.247 e. The van der Waals surface area contributed by atoms with Crippen LogP contribution in [-0.4, -0.2) is 36.5 Å². The number of nitrogens with zero attached hydrogens (tertiary/aromatic N) is 1. The van der Waals surface area contributed by atoms with Crippen LogP contribution in [0.2, 0.25) is 0 Å². The monoisotopic (exact) mass is 382 g/mol. The van der Waals surface area contributed by atoms with E-state index in [0.29, 0.717) is 32.7 Å². The van der Waals surface area contributed by atoms with Crippen molar-refractivity contribution in [3.8, 4) is 0 Å². The lowest BCUT2D eigenvalue weighted by atomic mass is 10.0. The maximum atomic E-state index is 13.1. The maximum absolute atomic E-state index is 13.1. The summed E-state index contributed by atoms with van der Waals surface area (Å²) in [6, 6.07) is 18.6. The summed E-state index contributed by atoms with van der Waals surface area (Å²) in [6.07, 6.45) is 1.08. The molecule has 0 saturated heterocycles. The van der Waals surface area contributed by atoms with Gasteiger partial charge >= 0.3 is 0 Å². The first-order valence-electron chi connectivity index (χ1n) is 9.91. The molecular formula is C23H30N2O3. The number of nitrogens with one attached hydrogen (secondary N) is 1. The molecule has 0 radical (unpaired) electrons. The van der Waals surface area contributed by atoms with Crippen molar-refractivity contribution < 1.29 is 14.3 Å². The molecule has 0 aliphatic rings. The van der Waals surface area contributed by atoms with Gasteiger partial charge in [-0.3, -0.25) is 9.59 Å². The molecule has 0 aromatic heterocycles. The zero-order chi connectivity index (χ0) is 20.2. The SMILES string of the molecule is CCOCCCNC(=O)[C@@H](c1ccccc1)N(Cc1ccccc1)C(=O)CC. The van der Waals surface area contributed by atoms with Crippen molar-refractivity contribution in [3.63, 3.8) is 0 Å². The normalized spacial score (nSPS) is 11.6. The minimum Gasteiger partial charge on any atom is -0.382 e. The van der Waals surface area contributed by atoms with Gasteiger partial charge in [-0.05, 0) is 24.5 Å². The summed E-state index contributed by atoms with van der Waals surface area (Å²) >= 11 is 0. The maximum Gasteiger partial charge on any atom is 0.247 e. The predicted octanol–water partition coefficient (Wildman–Crippen LogP) is 3.71. The van der Waals surface area contributed by atoms with E-state index < -0.39 is 6.04 Å². The van der Waals surface area contributed by atoms with Crippen LogP contribution in [0.15, 0.2) is 60.7 Å². The second-order valence-electron chi connectivity index (χ2n) is 6.52. The lowest BCUT2D eigenvalue weighted by molar-refractivity contribution is -0.141. The molecular weight excluding hydrogens is 352 g/mol. The zero-order valence-corrected chi connectivity index (χ0v) is 16.8. The fourth-order valence-electron chi connectivity index (χ4n) is 3.04. The molecule has 0 bridgehead atoms. The molecule has 150 valence electrons. The van der Waals surface area contributed by atoms with Gasteiger partial charge in [0.1, 0.15) is 6.04 Å². The second kappa shape index (κ2) is 11.9. The highest BCUT2D eigenvalue weighted by Crippen LogP contribution is 2.24. The van der Waals surface area contributed by atoms with Crippen LogP contribution < -0.4 is 5.32 Å². The third-order valence-electron chi connectivity index (χ3n) is 4.46. The van der Waals surface area contributed by atoms with Crippen LogP contribution in [0.25, 0.3) is 0 Å². The zero-order valence-electron chi connectivity index (χ0n) is 16.8. The van der Waals surface area contributed by atoms with Crippen molar-refractivity contribution in [3.05, 3.63) is 71.8 Å². The van der Waals surface area contributed by atoms with E-state index in [4.69, 9.17) is 4.74 Å². The number of carbonyl (C=O) groups is 2. The van der Waals surface area contributed by atoms with Gasteiger partial charge in [0.25, 0.3) is 0 Å². The molecule has 0 saturated carbocycles. The van der Waals surface area contributed by atoms with E-state index in [0.717, 1.165) is 17.5 Å². The number of carbonyl (C=O) groups excluding carboxylic acids is 2. The first kappa shape index (κ1) is 21.6. The van der Waals surface area contributed by atoms with Gasteiger partial charge in [0.15, 0.2) is 0 Å². The molecule has 0 unspecified atom stereocenters. The van der Waals surface area contributed by atoms with Gasteiger partial charge < -0.3 is 15.0 Å². The third-order valence-corrected chi connectivity index (χ3v) is 4.46. The lowest BCUT2D eigenvalue weighted by Crippen LogP contribution is -2.43. The fourth-order valence-corrected chi connectivity index (χ4v) is 3.04. The van der Waals surface area contributed by atoms with E-state index in [9.17, 15) is 9.59 Å². The predicted molar refractivity (Wildman–Crippen MR) is 111 cm³/mol. The number of rotatable bonds is 11. The van der Waals surface area contributed by atoms with E-state index in [1.54, 1.807) is 4.90 Å². The molecule has 28 heavy (non-hydrogen) atoms. The fraction of sp³-hybridized carbons (Fsp3) is 0.391. The molecule has 0 heterocycles. The molecule has 0 aliphatic heterocycles. The van der Waals surface area contributed by atoms with Gasteiger partial charge in [0, 0.05) is 32.7 Å². The molecule has 1 atom stereocenters. The molecule has 2 aromatic rings. The Morgan fingerprint density at radius 1 is 1.00 bits per heavy atom. The van der Waals surface area contributed by atoms with Crippen LogP contribution in [0, 0.1) is 0 Å². The van der Waals surface area contributed by atoms with Gasteiger partial charge in [-0.15, -0.1) is 0 Å². The van der Waals surface area contributed by atoms with Crippen LogP contribution in [-0.2, 0) is 20.9 Å². The van der Waals surface area contributed by atoms with Crippen LogP contribution >= 0.6 is 0 Å². The highest BCUT2D eigenvalue weighted by atomic mass is 16.5. The van der Waals surface area contributed by atoms with Crippen molar-refractivity contribution in [2.45, 2.75) is 39.3 Å². The van der Waals surface area contributed by atoms with Crippen LogP contribution in [0.4, 0.5) is 0 Å². The molecule has 2 aromatic carbocycles. The Morgan fingerprint density at radius 2 is 1.64 bits per heavy atom. The van der Waals surface area contributed by atoms with E-state index >= 15 is 0 Å². The van der Waals surface area contributed by atoms with Crippen LogP contribution in [0.3, 0.4) is 0 Å². The molecule has 2 rings (SSSR count). The summed E-state index contributed by atoms with van der Waals surface area (Å²) in [5.74, 6) is -0.220. The van der Waals surface area contributed by atoms with Gasteiger partial charge in [0.05, 0.1) is 0 Å². The Hall–Kier alpha value is -2.66. The highest BCUT2D eigenvalue weighted by molar-refractivity contribution is 5.88. The Morgan fingerprint density at radius 3 is 2.25 bits per heavy atom. The first-order chi connectivity index (χ1) is 13.7. The number of hydrogen-bond donors (Lipinski definition) is 1. The van der Waals surface area contributed by atoms with Gasteiger partial charge in [-0.1, -0.05) is 67.6 Å². The Kier molecular flexibility index (Phi) is 9.22. The lowest BCUT2D eigenvalue weighted by Gasteiger charge is -2.31. The number of amides is 2. The Labute approximate surface area is 167 Å². The van der Waals surface area contributed by atoms with Crippen molar-refractivity contribution in [1.29, 1.82) is 0 Å². The average Bonchev–Trinajstić information content (AvgIpc) is 2.74. The summed E-state index contributed by atoms with van der Waals surface area (Å²) in [5.41, 5.74) is 1.80. The topological polar surface area (TPSA) is 58.6 Å². The van der Waals surface area contributed by atoms with Gasteiger partial charge in [0.2, 0.25) is 11.8 Å². The largest absolute Gasteiger partial charge is 0.382 e. The number of ether oxygens (including phenoxy) is 1. The third kappa shape index (κ3) is 6.50. The van der Waals surface area contributed by atoms with Crippen molar-refractivity contribution in [2.75, 3.05) is 19.8 Å². The summed E-state index contributed by atoms with van der Waals surface area (Å²) in [6.45, 7) is 5.94. The highest BCUT2D eigenvalue weighted by Gasteiger charge is 2.30. The molecule has 1 N–H and O–H groups in total. The van der Waals surface area contributed by atoms with Gasteiger partial charge in [-0.25, -0.2) is 0 Å². The van der Waals surface area contributed by atoms with E-state index in [2.05, 4.69) is 5.32 Å². The first-order valence-corrected chi connectivity index (χ1v) is 9.91. The summed E-state index contributed by atoms with van der Waals surface area (Å²) in [4.78, 5) is 27.5. The van der Waals surface area contributed by atoms with E-state index in [1.165, 1.54) is 0 Å². The number of benzene rings is 2. The molecule has 0 aliphatic carbocycles. The van der Waals surface area contributed by atoms with Crippen molar-refractivity contribution in [1.82, 2.24) is 10.2 Å². The molecule has 5 heteroatoms. The van der Waals surface area contributed by atoms with Gasteiger partial charge in [-0.2, -0.15) is 0 Å². The van der Waals surface area contributed by atoms with Crippen molar-refractivity contribution in [2.24, 2.45) is 0 Å². The second-order valence-corrected chi connectivity index (χ2v) is 6.52. The molecule has 5 nitrogen and oxygen atoms in total. The number of hydrogen-bond acceptors (Lipinski definition) is 3. The van der Waals surface area contributed by atoms with Crippen molar-refractivity contribution >= 4 is 11.8 Å². The quantitative estimate of drug-likeness (QED) is 0.603.